The number of carbonyl (C=O) groups excluding carboxylic acids is 2. The van der Waals surface area contributed by atoms with Crippen LogP contribution < -0.4 is 10.6 Å². The molecule has 146 valence electrons. The van der Waals surface area contributed by atoms with Crippen LogP contribution in [-0.4, -0.2) is 42.4 Å². The molecule has 1 aromatic carbocycles. The molecule has 0 radical (unpaired) electrons. The van der Waals surface area contributed by atoms with E-state index in [0.717, 1.165) is 45.3 Å². The highest BCUT2D eigenvalue weighted by Crippen LogP contribution is 2.34. The summed E-state index contributed by atoms with van der Waals surface area (Å²) in [5, 5.41) is 6.68. The molecular formula is C22H31N3O2. The van der Waals surface area contributed by atoms with E-state index in [2.05, 4.69) is 28.8 Å². The first-order chi connectivity index (χ1) is 13.2. The molecule has 3 aliphatic rings. The molecule has 0 bridgehead atoms. The molecule has 2 heterocycles. The molecular weight excluding hydrogens is 338 g/mol. The molecule has 2 aliphatic heterocycles. The molecule has 2 amide bonds. The molecule has 3 unspecified atom stereocenters. The van der Waals surface area contributed by atoms with Gasteiger partial charge in [-0.15, -0.1) is 0 Å². The van der Waals surface area contributed by atoms with Crippen LogP contribution in [0, 0.1) is 11.8 Å². The Hall–Kier alpha value is -1.88. The van der Waals surface area contributed by atoms with Gasteiger partial charge in [0.25, 0.3) is 0 Å². The lowest BCUT2D eigenvalue weighted by atomic mass is 9.97. The second-order valence-corrected chi connectivity index (χ2v) is 8.32. The average Bonchev–Trinajstić information content (AvgIpc) is 3.11. The monoisotopic (exact) mass is 369 g/mol. The number of hydrogen-bond donors (Lipinski definition) is 2. The molecule has 1 aromatic rings. The number of benzene rings is 1. The van der Waals surface area contributed by atoms with Crippen molar-refractivity contribution in [2.75, 3.05) is 19.6 Å². The smallest absolute Gasteiger partial charge is 0.226 e. The van der Waals surface area contributed by atoms with E-state index in [1.54, 1.807) is 0 Å². The summed E-state index contributed by atoms with van der Waals surface area (Å²) in [5.41, 5.74) is 2.63. The summed E-state index contributed by atoms with van der Waals surface area (Å²) in [7, 11) is 0. The Balaban J connectivity index is 1.42. The van der Waals surface area contributed by atoms with Crippen LogP contribution in [-0.2, 0) is 22.6 Å². The zero-order chi connectivity index (χ0) is 18.6. The maximum absolute atomic E-state index is 13.2. The second-order valence-electron chi connectivity index (χ2n) is 8.32. The highest BCUT2D eigenvalue weighted by Gasteiger charge is 2.42. The van der Waals surface area contributed by atoms with E-state index < -0.39 is 0 Å². The van der Waals surface area contributed by atoms with Crippen LogP contribution >= 0.6 is 0 Å². The van der Waals surface area contributed by atoms with E-state index in [4.69, 9.17) is 0 Å². The summed E-state index contributed by atoms with van der Waals surface area (Å²) >= 11 is 0. The van der Waals surface area contributed by atoms with E-state index in [9.17, 15) is 9.59 Å². The van der Waals surface area contributed by atoms with Crippen molar-refractivity contribution in [3.05, 3.63) is 35.4 Å². The third kappa shape index (κ3) is 4.18. The van der Waals surface area contributed by atoms with Crippen LogP contribution in [0.4, 0.5) is 0 Å². The number of nitrogens with zero attached hydrogens (tertiary/aromatic N) is 1. The Morgan fingerprint density at radius 3 is 2.63 bits per heavy atom. The van der Waals surface area contributed by atoms with E-state index in [0.29, 0.717) is 13.0 Å². The summed E-state index contributed by atoms with van der Waals surface area (Å²) in [4.78, 5) is 27.9. The zero-order valence-corrected chi connectivity index (χ0v) is 16.1. The Labute approximate surface area is 161 Å². The molecule has 5 nitrogen and oxygen atoms in total. The molecule has 1 saturated heterocycles. The summed E-state index contributed by atoms with van der Waals surface area (Å²) in [6, 6.07) is 8.54. The normalized spacial score (nSPS) is 29.3. The fourth-order valence-electron chi connectivity index (χ4n) is 4.93. The standard InChI is InChI=1S/C22H31N3O2/c26-21-19-13-18(14-20(19)23-10-5-1-2-6-11-24-21)22(27)25-12-9-16-7-3-4-8-17(16)15-25/h3-4,7-8,18-20,23H,1-2,5-6,9-15H2,(H,24,26). The second kappa shape index (κ2) is 8.42. The van der Waals surface area contributed by atoms with Crippen LogP contribution in [0.25, 0.3) is 0 Å². The maximum Gasteiger partial charge on any atom is 0.226 e. The van der Waals surface area contributed by atoms with Crippen LogP contribution in [0.2, 0.25) is 0 Å². The average molecular weight is 370 g/mol. The summed E-state index contributed by atoms with van der Waals surface area (Å²) in [6.45, 7) is 3.22. The van der Waals surface area contributed by atoms with Crippen molar-refractivity contribution >= 4 is 11.8 Å². The van der Waals surface area contributed by atoms with Gasteiger partial charge in [0.1, 0.15) is 0 Å². The number of carbonyl (C=O) groups is 2. The van der Waals surface area contributed by atoms with Crippen molar-refractivity contribution in [3.8, 4) is 0 Å². The Morgan fingerprint density at radius 1 is 1.00 bits per heavy atom. The number of rotatable bonds is 1. The SMILES string of the molecule is O=C1NCCCCCCNC2CC(C(=O)N3CCc4ccccc4C3)CC12. The Morgan fingerprint density at radius 2 is 1.78 bits per heavy atom. The van der Waals surface area contributed by atoms with Gasteiger partial charge in [0, 0.05) is 31.6 Å². The van der Waals surface area contributed by atoms with E-state index in [1.165, 1.54) is 24.0 Å². The highest BCUT2D eigenvalue weighted by atomic mass is 16.2. The molecule has 1 aliphatic carbocycles. The first-order valence-corrected chi connectivity index (χ1v) is 10.6. The van der Waals surface area contributed by atoms with Gasteiger partial charge < -0.3 is 15.5 Å². The van der Waals surface area contributed by atoms with Gasteiger partial charge in [-0.1, -0.05) is 37.1 Å². The lowest BCUT2D eigenvalue weighted by Crippen LogP contribution is -2.41. The fourth-order valence-corrected chi connectivity index (χ4v) is 4.93. The van der Waals surface area contributed by atoms with Gasteiger partial charge in [-0.3, -0.25) is 9.59 Å². The molecule has 3 atom stereocenters. The largest absolute Gasteiger partial charge is 0.356 e. The van der Waals surface area contributed by atoms with Gasteiger partial charge in [-0.05, 0) is 49.8 Å². The van der Waals surface area contributed by atoms with Crippen LogP contribution in [0.5, 0.6) is 0 Å². The van der Waals surface area contributed by atoms with Crippen molar-refractivity contribution in [2.24, 2.45) is 11.8 Å². The van der Waals surface area contributed by atoms with E-state index in [-0.39, 0.29) is 29.7 Å². The van der Waals surface area contributed by atoms with Crippen LogP contribution in [0.3, 0.4) is 0 Å². The number of amides is 2. The molecule has 2 fully saturated rings. The van der Waals surface area contributed by atoms with Crippen LogP contribution in [0.15, 0.2) is 24.3 Å². The lowest BCUT2D eigenvalue weighted by molar-refractivity contribution is -0.136. The predicted octanol–water partition coefficient (Wildman–Crippen LogP) is 2.25. The van der Waals surface area contributed by atoms with Gasteiger partial charge in [0.05, 0.1) is 5.92 Å². The summed E-state index contributed by atoms with van der Waals surface area (Å²) in [5.74, 6) is 0.257. The van der Waals surface area contributed by atoms with Gasteiger partial charge in [0.2, 0.25) is 11.8 Å². The van der Waals surface area contributed by atoms with Crippen molar-refractivity contribution in [2.45, 2.75) is 57.5 Å². The Bertz CT molecular complexity index is 690. The maximum atomic E-state index is 13.2. The first-order valence-electron chi connectivity index (χ1n) is 10.6. The fraction of sp³-hybridized carbons (Fsp3) is 0.636. The van der Waals surface area contributed by atoms with E-state index in [1.807, 2.05) is 11.0 Å². The minimum absolute atomic E-state index is 0.0357. The molecule has 5 heteroatoms. The number of nitrogens with one attached hydrogen (secondary N) is 2. The van der Waals surface area contributed by atoms with E-state index >= 15 is 0 Å². The van der Waals surface area contributed by atoms with Crippen molar-refractivity contribution in [3.63, 3.8) is 0 Å². The number of fused-ring (bicyclic) bond motifs is 2. The minimum atomic E-state index is -0.0749. The Kier molecular flexibility index (Phi) is 5.77. The molecule has 0 aromatic heterocycles. The topological polar surface area (TPSA) is 61.4 Å². The van der Waals surface area contributed by atoms with Crippen LogP contribution in [0.1, 0.15) is 49.7 Å². The van der Waals surface area contributed by atoms with Gasteiger partial charge in [-0.2, -0.15) is 0 Å². The number of hydrogen-bond acceptors (Lipinski definition) is 3. The quantitative estimate of drug-likeness (QED) is 0.798. The molecule has 1 saturated carbocycles. The molecule has 0 spiro atoms. The summed E-state index contributed by atoms with van der Waals surface area (Å²) in [6.07, 6.45) is 6.98. The summed E-state index contributed by atoms with van der Waals surface area (Å²) < 4.78 is 0. The molecule has 27 heavy (non-hydrogen) atoms. The van der Waals surface area contributed by atoms with Gasteiger partial charge in [0.15, 0.2) is 0 Å². The van der Waals surface area contributed by atoms with Gasteiger partial charge >= 0.3 is 0 Å². The predicted molar refractivity (Wildman–Crippen MR) is 105 cm³/mol. The molecule has 4 rings (SSSR count). The minimum Gasteiger partial charge on any atom is -0.356 e. The first kappa shape index (κ1) is 18.5. The third-order valence-electron chi connectivity index (χ3n) is 6.50. The zero-order valence-electron chi connectivity index (χ0n) is 16.1. The molecule has 2 N–H and O–H groups in total. The highest BCUT2D eigenvalue weighted by molar-refractivity contribution is 5.84. The third-order valence-corrected chi connectivity index (χ3v) is 6.50. The van der Waals surface area contributed by atoms with Crippen molar-refractivity contribution in [1.82, 2.24) is 15.5 Å². The lowest BCUT2D eigenvalue weighted by Gasteiger charge is -2.31. The van der Waals surface area contributed by atoms with Crippen molar-refractivity contribution in [1.29, 1.82) is 0 Å². The van der Waals surface area contributed by atoms with Crippen molar-refractivity contribution < 1.29 is 9.59 Å². The van der Waals surface area contributed by atoms with Gasteiger partial charge in [-0.25, -0.2) is 0 Å².